The lowest BCUT2D eigenvalue weighted by Crippen LogP contribution is -2.26. The van der Waals surface area contributed by atoms with E-state index in [-0.39, 0.29) is 12.6 Å². The van der Waals surface area contributed by atoms with Crippen molar-refractivity contribution in [1.82, 2.24) is 0 Å². The van der Waals surface area contributed by atoms with Crippen LogP contribution in [0.1, 0.15) is 19.3 Å². The van der Waals surface area contributed by atoms with E-state index in [1.165, 1.54) is 0 Å². The van der Waals surface area contributed by atoms with Gasteiger partial charge in [-0.3, -0.25) is 0 Å². The number of nitrogens with two attached hydrogens (primary N) is 1. The SMILES string of the molecule is NC(CCO)C1=CCCCO1. The molecular weight excluding hydrogens is 142 g/mol. The molecule has 1 unspecified atom stereocenters. The molecule has 3 N–H and O–H groups in total. The van der Waals surface area contributed by atoms with Crippen LogP contribution in [0.5, 0.6) is 0 Å². The Morgan fingerprint density at radius 2 is 2.55 bits per heavy atom. The largest absolute Gasteiger partial charge is 0.497 e. The third kappa shape index (κ3) is 2.52. The van der Waals surface area contributed by atoms with Gasteiger partial charge in [0.1, 0.15) is 5.76 Å². The molecule has 0 bridgehead atoms. The minimum atomic E-state index is -0.111. The zero-order chi connectivity index (χ0) is 8.10. The van der Waals surface area contributed by atoms with E-state index >= 15 is 0 Å². The van der Waals surface area contributed by atoms with Crippen molar-refractivity contribution in [3.05, 3.63) is 11.8 Å². The molecule has 0 saturated heterocycles. The molecule has 3 nitrogen and oxygen atoms in total. The maximum atomic E-state index is 8.60. The highest BCUT2D eigenvalue weighted by Gasteiger charge is 2.12. The van der Waals surface area contributed by atoms with Gasteiger partial charge in [0.15, 0.2) is 0 Å². The van der Waals surface area contributed by atoms with Gasteiger partial charge < -0.3 is 15.6 Å². The van der Waals surface area contributed by atoms with E-state index in [1.54, 1.807) is 0 Å². The molecule has 1 atom stereocenters. The van der Waals surface area contributed by atoms with Crippen LogP contribution in [-0.4, -0.2) is 24.4 Å². The van der Waals surface area contributed by atoms with Crippen LogP contribution in [0.4, 0.5) is 0 Å². The number of ether oxygens (including phenoxy) is 1. The fourth-order valence-corrected chi connectivity index (χ4v) is 1.12. The van der Waals surface area contributed by atoms with Gasteiger partial charge in [0.2, 0.25) is 0 Å². The molecule has 0 saturated carbocycles. The van der Waals surface area contributed by atoms with Crippen LogP contribution < -0.4 is 5.73 Å². The summed E-state index contributed by atoms with van der Waals surface area (Å²) in [4.78, 5) is 0. The highest BCUT2D eigenvalue weighted by atomic mass is 16.5. The van der Waals surface area contributed by atoms with Crippen molar-refractivity contribution >= 4 is 0 Å². The monoisotopic (exact) mass is 157 g/mol. The zero-order valence-electron chi connectivity index (χ0n) is 6.62. The van der Waals surface area contributed by atoms with Crippen LogP contribution in [0.25, 0.3) is 0 Å². The normalized spacial score (nSPS) is 20.4. The number of aliphatic hydroxyl groups is 1. The van der Waals surface area contributed by atoms with Crippen LogP contribution in [0.3, 0.4) is 0 Å². The van der Waals surface area contributed by atoms with E-state index in [2.05, 4.69) is 0 Å². The Bertz CT molecular complexity index is 145. The first kappa shape index (κ1) is 8.56. The molecule has 1 heterocycles. The zero-order valence-corrected chi connectivity index (χ0v) is 6.62. The number of hydrogen-bond acceptors (Lipinski definition) is 3. The maximum Gasteiger partial charge on any atom is 0.109 e. The fourth-order valence-electron chi connectivity index (χ4n) is 1.12. The average molecular weight is 157 g/mol. The summed E-state index contributed by atoms with van der Waals surface area (Å²) in [5.41, 5.74) is 5.71. The lowest BCUT2D eigenvalue weighted by atomic mass is 10.1. The van der Waals surface area contributed by atoms with Gasteiger partial charge in [0.05, 0.1) is 12.6 Å². The van der Waals surface area contributed by atoms with E-state index in [4.69, 9.17) is 15.6 Å². The Balaban J connectivity index is 2.37. The van der Waals surface area contributed by atoms with E-state index < -0.39 is 0 Å². The summed E-state index contributed by atoms with van der Waals surface area (Å²) in [6, 6.07) is -0.111. The molecule has 1 aliphatic rings. The Hall–Kier alpha value is -0.540. The molecule has 0 fully saturated rings. The van der Waals surface area contributed by atoms with E-state index in [1.807, 2.05) is 6.08 Å². The van der Waals surface area contributed by atoms with E-state index in [0.717, 1.165) is 25.2 Å². The van der Waals surface area contributed by atoms with E-state index in [0.29, 0.717) is 6.42 Å². The first-order valence-corrected chi connectivity index (χ1v) is 4.04. The van der Waals surface area contributed by atoms with Crippen molar-refractivity contribution in [1.29, 1.82) is 0 Å². The topological polar surface area (TPSA) is 55.5 Å². The lowest BCUT2D eigenvalue weighted by Gasteiger charge is -2.19. The highest BCUT2D eigenvalue weighted by Crippen LogP contribution is 2.13. The molecule has 1 aliphatic heterocycles. The van der Waals surface area contributed by atoms with Crippen LogP contribution in [-0.2, 0) is 4.74 Å². The van der Waals surface area contributed by atoms with Crippen molar-refractivity contribution in [2.45, 2.75) is 25.3 Å². The quantitative estimate of drug-likeness (QED) is 0.623. The van der Waals surface area contributed by atoms with Crippen molar-refractivity contribution in [3.63, 3.8) is 0 Å². The molecule has 0 radical (unpaired) electrons. The second-order valence-corrected chi connectivity index (χ2v) is 2.72. The Morgan fingerprint density at radius 1 is 1.73 bits per heavy atom. The first-order valence-electron chi connectivity index (χ1n) is 4.04. The van der Waals surface area contributed by atoms with E-state index in [9.17, 15) is 0 Å². The van der Waals surface area contributed by atoms with Crippen molar-refractivity contribution < 1.29 is 9.84 Å². The summed E-state index contributed by atoms with van der Waals surface area (Å²) in [6.45, 7) is 0.896. The summed E-state index contributed by atoms with van der Waals surface area (Å²) in [6.07, 6.45) is 4.74. The molecule has 0 aromatic heterocycles. The summed E-state index contributed by atoms with van der Waals surface area (Å²) < 4.78 is 5.32. The Kier molecular flexibility index (Phi) is 3.39. The maximum absolute atomic E-state index is 8.60. The fraction of sp³-hybridized carbons (Fsp3) is 0.750. The first-order chi connectivity index (χ1) is 5.34. The van der Waals surface area contributed by atoms with Gasteiger partial charge in [-0.25, -0.2) is 0 Å². The number of hydrogen-bond donors (Lipinski definition) is 2. The molecule has 0 amide bonds. The van der Waals surface area contributed by atoms with Gasteiger partial charge in [0.25, 0.3) is 0 Å². The van der Waals surface area contributed by atoms with Crippen LogP contribution in [0, 0.1) is 0 Å². The molecule has 0 aliphatic carbocycles. The van der Waals surface area contributed by atoms with Gasteiger partial charge in [-0.15, -0.1) is 0 Å². The Morgan fingerprint density at radius 3 is 3.09 bits per heavy atom. The number of rotatable bonds is 3. The second kappa shape index (κ2) is 4.36. The summed E-state index contributed by atoms with van der Waals surface area (Å²) in [5.74, 6) is 0.852. The summed E-state index contributed by atoms with van der Waals surface area (Å²) >= 11 is 0. The molecular formula is C8H15NO2. The second-order valence-electron chi connectivity index (χ2n) is 2.72. The minimum Gasteiger partial charge on any atom is -0.497 e. The van der Waals surface area contributed by atoms with Gasteiger partial charge in [-0.2, -0.15) is 0 Å². The molecule has 0 aromatic rings. The number of allylic oxidation sites excluding steroid dienone is 1. The van der Waals surface area contributed by atoms with Crippen LogP contribution in [0.2, 0.25) is 0 Å². The molecule has 0 spiro atoms. The van der Waals surface area contributed by atoms with Gasteiger partial charge in [0, 0.05) is 6.61 Å². The molecule has 1 rings (SSSR count). The average Bonchev–Trinajstić information content (AvgIpc) is 2.07. The summed E-state index contributed by atoms with van der Waals surface area (Å²) in [5, 5.41) is 8.60. The standard InChI is InChI=1S/C8H15NO2/c9-7(4-5-10)8-3-1-2-6-11-8/h3,7,10H,1-2,4-6,9H2. The lowest BCUT2D eigenvalue weighted by molar-refractivity contribution is 0.165. The van der Waals surface area contributed by atoms with Gasteiger partial charge in [-0.1, -0.05) is 0 Å². The summed E-state index contributed by atoms with van der Waals surface area (Å²) in [7, 11) is 0. The molecule has 11 heavy (non-hydrogen) atoms. The predicted octanol–water partition coefficient (Wildman–Crippen LogP) is 0.390. The van der Waals surface area contributed by atoms with Crippen molar-refractivity contribution in [2.24, 2.45) is 5.73 Å². The smallest absolute Gasteiger partial charge is 0.109 e. The van der Waals surface area contributed by atoms with Crippen LogP contribution in [0.15, 0.2) is 11.8 Å². The minimum absolute atomic E-state index is 0.111. The molecule has 0 aromatic carbocycles. The van der Waals surface area contributed by atoms with Gasteiger partial charge >= 0.3 is 0 Å². The highest BCUT2D eigenvalue weighted by molar-refractivity contribution is 5.03. The molecule has 3 heteroatoms. The molecule has 64 valence electrons. The number of aliphatic hydroxyl groups excluding tert-OH is 1. The third-order valence-corrected chi connectivity index (χ3v) is 1.77. The van der Waals surface area contributed by atoms with Crippen molar-refractivity contribution in [3.8, 4) is 0 Å². The Labute approximate surface area is 66.8 Å². The van der Waals surface area contributed by atoms with Gasteiger partial charge in [-0.05, 0) is 25.3 Å². The van der Waals surface area contributed by atoms with Crippen molar-refractivity contribution in [2.75, 3.05) is 13.2 Å². The van der Waals surface area contributed by atoms with Crippen LogP contribution >= 0.6 is 0 Å². The third-order valence-electron chi connectivity index (χ3n) is 1.77. The predicted molar refractivity (Wildman–Crippen MR) is 42.9 cm³/mol.